The molecule has 1 aliphatic heterocycles. The number of hydrogen-bond acceptors (Lipinski definition) is 3. The maximum absolute atomic E-state index is 4.25. The maximum Gasteiger partial charge on any atom is 0.150 e. The van der Waals surface area contributed by atoms with Crippen molar-refractivity contribution in [2.24, 2.45) is 0 Å². The lowest BCUT2D eigenvalue weighted by molar-refractivity contribution is 0.458. The van der Waals surface area contributed by atoms with E-state index in [-0.39, 0.29) is 0 Å². The molecule has 4 nitrogen and oxygen atoms in total. The van der Waals surface area contributed by atoms with Gasteiger partial charge in [-0.2, -0.15) is 0 Å². The van der Waals surface area contributed by atoms with Crippen molar-refractivity contribution in [3.8, 4) is 0 Å². The minimum absolute atomic E-state index is 0.400. The molecule has 1 saturated heterocycles. The van der Waals surface area contributed by atoms with Crippen molar-refractivity contribution in [2.75, 3.05) is 6.54 Å². The van der Waals surface area contributed by atoms with E-state index in [1.165, 1.54) is 25.7 Å². The van der Waals surface area contributed by atoms with E-state index in [1.54, 1.807) is 0 Å². The quantitative estimate of drug-likeness (QED) is 0.809. The van der Waals surface area contributed by atoms with Crippen LogP contribution in [0.3, 0.4) is 0 Å². The number of hydrogen-bond donors (Lipinski definition) is 1. The van der Waals surface area contributed by atoms with E-state index in [1.807, 2.05) is 6.33 Å². The minimum Gasteiger partial charge on any atom is -0.314 e. The second-order valence-corrected chi connectivity index (χ2v) is 4.55. The average Bonchev–Trinajstić information content (AvgIpc) is 2.55. The molecule has 1 fully saturated rings. The van der Waals surface area contributed by atoms with Gasteiger partial charge >= 0.3 is 0 Å². The largest absolute Gasteiger partial charge is 0.314 e. The van der Waals surface area contributed by atoms with E-state index in [0.717, 1.165) is 12.4 Å². The highest BCUT2D eigenvalue weighted by atomic mass is 15.3. The van der Waals surface area contributed by atoms with Crippen LogP contribution in [0.4, 0.5) is 0 Å². The second kappa shape index (κ2) is 4.75. The lowest BCUT2D eigenvalue weighted by atomic mass is 10.1. The minimum atomic E-state index is 0.400. The Bertz CT molecular complexity index is 297. The molecule has 0 saturated carbocycles. The molecule has 1 N–H and O–H groups in total. The predicted octanol–water partition coefficient (Wildman–Crippen LogP) is 2.06. The standard InChI is InChI=1S/C11H20N4/c1-9(2)15-8-13-14-11(15)10-6-4-3-5-7-12-10/h8-10,12H,3-7H2,1-2H3. The van der Waals surface area contributed by atoms with Gasteiger partial charge in [-0.25, -0.2) is 0 Å². The summed E-state index contributed by atoms with van der Waals surface area (Å²) in [5.74, 6) is 1.10. The molecule has 1 aliphatic rings. The summed E-state index contributed by atoms with van der Waals surface area (Å²) in [5, 5.41) is 11.8. The third-order valence-corrected chi connectivity index (χ3v) is 3.03. The van der Waals surface area contributed by atoms with E-state index >= 15 is 0 Å². The van der Waals surface area contributed by atoms with Crippen LogP contribution in [0.2, 0.25) is 0 Å². The number of aromatic nitrogens is 3. The first kappa shape index (κ1) is 10.6. The van der Waals surface area contributed by atoms with E-state index in [4.69, 9.17) is 0 Å². The van der Waals surface area contributed by atoms with Gasteiger partial charge in [0.15, 0.2) is 0 Å². The molecule has 1 aromatic heterocycles. The van der Waals surface area contributed by atoms with Gasteiger partial charge in [0.1, 0.15) is 12.2 Å². The molecule has 1 unspecified atom stereocenters. The van der Waals surface area contributed by atoms with Gasteiger partial charge in [-0.1, -0.05) is 12.8 Å². The molecule has 0 aromatic carbocycles. The Kier molecular flexibility index (Phi) is 3.36. The second-order valence-electron chi connectivity index (χ2n) is 4.55. The lowest BCUT2D eigenvalue weighted by Crippen LogP contribution is -2.24. The molecule has 2 rings (SSSR count). The Labute approximate surface area is 91.1 Å². The molecule has 4 heteroatoms. The third kappa shape index (κ3) is 2.37. The molecule has 1 atom stereocenters. The van der Waals surface area contributed by atoms with Crippen molar-refractivity contribution in [1.82, 2.24) is 20.1 Å². The van der Waals surface area contributed by atoms with Crippen LogP contribution in [0.1, 0.15) is 57.4 Å². The molecule has 1 aromatic rings. The van der Waals surface area contributed by atoms with Crippen LogP contribution in [0.5, 0.6) is 0 Å². The van der Waals surface area contributed by atoms with Crippen molar-refractivity contribution >= 4 is 0 Å². The van der Waals surface area contributed by atoms with Gasteiger partial charge in [-0.3, -0.25) is 0 Å². The summed E-state index contributed by atoms with van der Waals surface area (Å²) in [5.41, 5.74) is 0. The zero-order valence-corrected chi connectivity index (χ0v) is 9.61. The van der Waals surface area contributed by atoms with Gasteiger partial charge in [0, 0.05) is 6.04 Å². The first-order valence-electron chi connectivity index (χ1n) is 5.92. The molecule has 2 heterocycles. The fourth-order valence-electron chi connectivity index (χ4n) is 2.15. The normalized spacial score (nSPS) is 23.0. The van der Waals surface area contributed by atoms with Crippen molar-refractivity contribution in [2.45, 2.75) is 51.6 Å². The highest BCUT2D eigenvalue weighted by Gasteiger charge is 2.19. The van der Waals surface area contributed by atoms with Crippen molar-refractivity contribution in [3.05, 3.63) is 12.2 Å². The van der Waals surface area contributed by atoms with Gasteiger partial charge in [-0.15, -0.1) is 10.2 Å². The number of rotatable bonds is 2. The van der Waals surface area contributed by atoms with E-state index in [9.17, 15) is 0 Å². The SMILES string of the molecule is CC(C)n1cnnc1C1CCCCCN1. The van der Waals surface area contributed by atoms with Gasteiger partial charge in [-0.05, 0) is 33.2 Å². The Balaban J connectivity index is 2.15. The van der Waals surface area contributed by atoms with Gasteiger partial charge in [0.2, 0.25) is 0 Å². The first-order chi connectivity index (χ1) is 7.29. The Morgan fingerprint density at radius 3 is 3.07 bits per heavy atom. The van der Waals surface area contributed by atoms with Crippen LogP contribution in [-0.2, 0) is 0 Å². The summed E-state index contributed by atoms with van der Waals surface area (Å²) in [4.78, 5) is 0. The average molecular weight is 208 g/mol. The first-order valence-corrected chi connectivity index (χ1v) is 5.92. The Hall–Kier alpha value is -0.900. The van der Waals surface area contributed by atoms with Crippen molar-refractivity contribution in [3.63, 3.8) is 0 Å². The molecule has 84 valence electrons. The number of nitrogens with zero attached hydrogens (tertiary/aromatic N) is 3. The van der Waals surface area contributed by atoms with E-state index in [0.29, 0.717) is 12.1 Å². The molecule has 0 aliphatic carbocycles. The predicted molar refractivity (Wildman–Crippen MR) is 59.6 cm³/mol. The monoisotopic (exact) mass is 208 g/mol. The highest BCUT2D eigenvalue weighted by molar-refractivity contribution is 4.97. The smallest absolute Gasteiger partial charge is 0.150 e. The summed E-state index contributed by atoms with van der Waals surface area (Å²) in [7, 11) is 0. The molecule has 0 radical (unpaired) electrons. The summed E-state index contributed by atoms with van der Waals surface area (Å²) >= 11 is 0. The zero-order valence-electron chi connectivity index (χ0n) is 9.61. The van der Waals surface area contributed by atoms with Gasteiger partial charge < -0.3 is 9.88 Å². The van der Waals surface area contributed by atoms with Crippen LogP contribution in [-0.4, -0.2) is 21.3 Å². The van der Waals surface area contributed by atoms with Crippen LogP contribution in [0.25, 0.3) is 0 Å². The van der Waals surface area contributed by atoms with E-state index < -0.39 is 0 Å². The van der Waals surface area contributed by atoms with Crippen molar-refractivity contribution < 1.29 is 0 Å². The Morgan fingerprint density at radius 2 is 2.27 bits per heavy atom. The van der Waals surface area contributed by atoms with Crippen molar-refractivity contribution in [1.29, 1.82) is 0 Å². The summed E-state index contributed by atoms with van der Waals surface area (Å²) in [6, 6.07) is 0.845. The maximum atomic E-state index is 4.25. The summed E-state index contributed by atoms with van der Waals surface area (Å²) in [6.07, 6.45) is 6.94. The molecule has 15 heavy (non-hydrogen) atoms. The fourth-order valence-corrected chi connectivity index (χ4v) is 2.15. The van der Waals surface area contributed by atoms with Gasteiger partial charge in [0.05, 0.1) is 6.04 Å². The molecular formula is C11H20N4. The van der Waals surface area contributed by atoms with Crippen LogP contribution in [0, 0.1) is 0 Å². The van der Waals surface area contributed by atoms with Crippen LogP contribution < -0.4 is 5.32 Å². The van der Waals surface area contributed by atoms with Gasteiger partial charge in [0.25, 0.3) is 0 Å². The summed E-state index contributed by atoms with van der Waals surface area (Å²) in [6.45, 7) is 5.45. The van der Waals surface area contributed by atoms with E-state index in [2.05, 4.69) is 33.9 Å². The third-order valence-electron chi connectivity index (χ3n) is 3.03. The van der Waals surface area contributed by atoms with Crippen LogP contribution >= 0.6 is 0 Å². The topological polar surface area (TPSA) is 42.7 Å². The molecular weight excluding hydrogens is 188 g/mol. The highest BCUT2D eigenvalue weighted by Crippen LogP contribution is 2.22. The zero-order chi connectivity index (χ0) is 10.7. The fraction of sp³-hybridized carbons (Fsp3) is 0.818. The van der Waals surface area contributed by atoms with Crippen LogP contribution in [0.15, 0.2) is 6.33 Å². The number of nitrogens with one attached hydrogen (secondary N) is 1. The molecule has 0 bridgehead atoms. The Morgan fingerprint density at radius 1 is 1.40 bits per heavy atom. The molecule has 0 amide bonds. The summed E-state index contributed by atoms with van der Waals surface area (Å²) < 4.78 is 2.17. The molecule has 0 spiro atoms. The lowest BCUT2D eigenvalue weighted by Gasteiger charge is -2.18.